The molecule has 0 aliphatic carbocycles. The van der Waals surface area contributed by atoms with Crippen LogP contribution < -0.4 is 48.3 Å². The minimum Gasteiger partial charge on any atom is -0.508 e. The summed E-state index contributed by atoms with van der Waals surface area (Å²) in [5.41, 5.74) is 6.43. The Labute approximate surface area is 377 Å². The molecule has 16 N–H and O–H groups in total. The first-order chi connectivity index (χ1) is 30.8. The van der Waals surface area contributed by atoms with Crippen molar-refractivity contribution in [3.63, 3.8) is 0 Å². The molecule has 0 aromatic heterocycles. The van der Waals surface area contributed by atoms with Crippen LogP contribution in [0, 0.1) is 0 Å². The van der Waals surface area contributed by atoms with E-state index in [9.17, 15) is 73.5 Å². The summed E-state index contributed by atoms with van der Waals surface area (Å²) in [6.07, 6.45) is -5.98. The molecule has 0 heterocycles. The Bertz CT molecular complexity index is 2080. The second-order valence-corrected chi connectivity index (χ2v) is 15.3. The summed E-state index contributed by atoms with van der Waals surface area (Å²) in [6, 6.07) is 0.128. The van der Waals surface area contributed by atoms with Crippen LogP contribution in [0.2, 0.25) is 0 Å². The first-order valence-electron chi connectivity index (χ1n) is 20.3. The van der Waals surface area contributed by atoms with Gasteiger partial charge in [-0.3, -0.25) is 43.2 Å². The van der Waals surface area contributed by atoms with Crippen molar-refractivity contribution in [3.8, 4) is 5.75 Å². The van der Waals surface area contributed by atoms with Crippen molar-refractivity contribution in [2.24, 2.45) is 0 Å². The Morgan fingerprint density at radius 2 is 1.08 bits per heavy atom. The molecule has 362 valence electrons. The molecule has 0 bridgehead atoms. The van der Waals surface area contributed by atoms with E-state index in [4.69, 9.17) is 10.8 Å². The summed E-state index contributed by atoms with van der Waals surface area (Å²) in [5, 5.41) is 77.1. The number of amides is 8. The highest BCUT2D eigenvalue weighted by atomic mass is 16.4. The van der Waals surface area contributed by atoms with Crippen molar-refractivity contribution < 1.29 is 78.6 Å². The number of aliphatic carboxylic acids is 2. The van der Waals surface area contributed by atoms with Crippen molar-refractivity contribution >= 4 is 64.9 Å². The molecule has 10 atom stereocenters. The number of nitrogens with one attached hydrogen (secondary N) is 8. The van der Waals surface area contributed by atoms with Gasteiger partial charge in [-0.25, -0.2) is 4.79 Å². The van der Waals surface area contributed by atoms with Gasteiger partial charge < -0.3 is 78.9 Å². The molecule has 25 nitrogen and oxygen atoms in total. The maximum Gasteiger partial charge on any atom is 0.326 e. The van der Waals surface area contributed by atoms with Crippen LogP contribution in [0.3, 0.4) is 0 Å². The number of carbonyl (C=O) groups excluding carboxylic acids is 8. The Balaban J connectivity index is 2.13. The zero-order chi connectivity index (χ0) is 50.0. The predicted octanol–water partition coefficient (Wildman–Crippen LogP) is -4.53. The van der Waals surface area contributed by atoms with Crippen molar-refractivity contribution in [2.45, 2.75) is 114 Å². The van der Waals surface area contributed by atoms with Crippen LogP contribution in [0.15, 0.2) is 48.5 Å². The lowest BCUT2D eigenvalue weighted by Gasteiger charge is -2.28. The molecular formula is C41H57N9O16. The van der Waals surface area contributed by atoms with E-state index in [2.05, 4.69) is 42.5 Å². The molecule has 25 heteroatoms. The second kappa shape index (κ2) is 25.8. The molecular weight excluding hydrogens is 874 g/mol. The van der Waals surface area contributed by atoms with Gasteiger partial charge in [0.1, 0.15) is 48.0 Å². The van der Waals surface area contributed by atoms with Gasteiger partial charge in [0.25, 0.3) is 5.91 Å². The Kier molecular flexibility index (Phi) is 21.4. The van der Waals surface area contributed by atoms with Gasteiger partial charge in [-0.1, -0.05) is 18.2 Å². The summed E-state index contributed by atoms with van der Waals surface area (Å²) in [7, 11) is 0. The summed E-state index contributed by atoms with van der Waals surface area (Å²) >= 11 is 0. The van der Waals surface area contributed by atoms with Crippen molar-refractivity contribution in [1.82, 2.24) is 42.5 Å². The van der Waals surface area contributed by atoms with Gasteiger partial charge in [-0.2, -0.15) is 0 Å². The third-order valence-corrected chi connectivity index (χ3v) is 9.54. The average Bonchev–Trinajstić information content (AvgIpc) is 3.23. The lowest BCUT2D eigenvalue weighted by Crippen LogP contribution is -2.62. The zero-order valence-corrected chi connectivity index (χ0v) is 36.6. The van der Waals surface area contributed by atoms with Crippen LogP contribution in [0.4, 0.5) is 5.69 Å². The summed E-state index contributed by atoms with van der Waals surface area (Å²) in [5.74, 6) is -11.0. The standard InChI is InChI=1S/C41H57N9O16/c1-18(34(58)43-17-29(55)48-31(20(3)51)38(62)45-19(2)35(59)46-27(41(65)66)13-14-30(56)57)44-37(61)28(15-23-9-11-26(54)12-10-23)47-39(63)32(21(4)52)50-40(64)33(22(5)53)49-36(60)24-7-6-8-25(42)16-24/h6-12,16,18-22,27-28,31-33,51-54H,13-15,17,42H2,1-5H3,(H,43,58)(H,44,61)(H,45,62)(H,46,59)(H,47,63)(H,48,55)(H,49,60)(H,50,64)(H,56,57)(H,65,66)/t18-,19-,20+,21+,22+,27-,28-,31-,32-,33-/m0/s1. The minimum atomic E-state index is -1.77. The van der Waals surface area contributed by atoms with Crippen LogP contribution in [-0.2, 0) is 49.6 Å². The van der Waals surface area contributed by atoms with Crippen molar-refractivity contribution in [2.75, 3.05) is 12.3 Å². The van der Waals surface area contributed by atoms with Gasteiger partial charge in [0.2, 0.25) is 41.4 Å². The van der Waals surface area contributed by atoms with E-state index in [1.807, 2.05) is 0 Å². The number of hydrogen-bond acceptors (Lipinski definition) is 15. The van der Waals surface area contributed by atoms with Gasteiger partial charge >= 0.3 is 11.9 Å². The number of anilines is 1. The molecule has 0 unspecified atom stereocenters. The fraction of sp³-hybridized carbons (Fsp3) is 0.463. The van der Waals surface area contributed by atoms with Crippen LogP contribution in [-0.4, -0.2) is 157 Å². The van der Waals surface area contributed by atoms with Gasteiger partial charge in [0.15, 0.2) is 0 Å². The number of aliphatic hydroxyl groups excluding tert-OH is 3. The van der Waals surface area contributed by atoms with Crippen molar-refractivity contribution in [3.05, 3.63) is 59.7 Å². The number of phenols is 1. The van der Waals surface area contributed by atoms with Gasteiger partial charge in [0.05, 0.1) is 24.9 Å². The quantitative estimate of drug-likeness (QED) is 0.0417. The number of aromatic hydroxyl groups is 1. The molecule has 2 aromatic rings. The molecule has 0 aliphatic rings. The fourth-order valence-corrected chi connectivity index (χ4v) is 5.82. The molecule has 0 fully saturated rings. The van der Waals surface area contributed by atoms with Gasteiger partial charge in [-0.05, 0) is 76.9 Å². The fourth-order valence-electron chi connectivity index (χ4n) is 5.82. The molecule has 8 amide bonds. The maximum atomic E-state index is 13.7. The van der Waals surface area contributed by atoms with E-state index in [1.54, 1.807) is 0 Å². The van der Waals surface area contributed by atoms with Crippen LogP contribution in [0.25, 0.3) is 0 Å². The molecule has 0 spiro atoms. The monoisotopic (exact) mass is 931 g/mol. The molecule has 2 aromatic carbocycles. The highest BCUT2D eigenvalue weighted by Gasteiger charge is 2.35. The summed E-state index contributed by atoms with van der Waals surface area (Å²) in [4.78, 5) is 127. The number of aliphatic hydroxyl groups is 3. The Morgan fingerprint density at radius 1 is 0.576 bits per heavy atom. The molecule has 2 rings (SSSR count). The number of benzene rings is 2. The number of nitrogen functional groups attached to an aromatic ring is 1. The molecule has 0 saturated carbocycles. The number of carboxylic acids is 2. The first-order valence-corrected chi connectivity index (χ1v) is 20.3. The van der Waals surface area contributed by atoms with Gasteiger partial charge in [-0.15, -0.1) is 0 Å². The third-order valence-electron chi connectivity index (χ3n) is 9.54. The van der Waals surface area contributed by atoms with Crippen molar-refractivity contribution in [1.29, 1.82) is 0 Å². The van der Waals surface area contributed by atoms with Crippen LogP contribution in [0.1, 0.15) is 63.4 Å². The number of hydrogen-bond donors (Lipinski definition) is 15. The zero-order valence-electron chi connectivity index (χ0n) is 36.6. The predicted molar refractivity (Wildman–Crippen MR) is 229 cm³/mol. The van der Waals surface area contributed by atoms with Crippen LogP contribution in [0.5, 0.6) is 5.75 Å². The van der Waals surface area contributed by atoms with E-state index in [1.165, 1.54) is 62.4 Å². The van der Waals surface area contributed by atoms with Gasteiger partial charge in [0, 0.05) is 24.1 Å². The molecule has 0 aliphatic heterocycles. The maximum absolute atomic E-state index is 13.7. The lowest BCUT2D eigenvalue weighted by atomic mass is 10.0. The van der Waals surface area contributed by atoms with Crippen LogP contribution >= 0.6 is 0 Å². The van der Waals surface area contributed by atoms with E-state index in [-0.39, 0.29) is 23.4 Å². The van der Waals surface area contributed by atoms with E-state index in [0.717, 1.165) is 20.8 Å². The number of carboxylic acid groups (broad SMARTS) is 2. The number of rotatable bonds is 25. The largest absolute Gasteiger partial charge is 0.508 e. The third kappa shape index (κ3) is 18.0. The Morgan fingerprint density at radius 3 is 1.62 bits per heavy atom. The topological polar surface area (TPSA) is 414 Å². The number of phenolic OH excluding ortho intramolecular Hbond substituents is 1. The van der Waals surface area contributed by atoms with E-state index in [0.29, 0.717) is 5.56 Å². The molecule has 0 saturated heterocycles. The average molecular weight is 932 g/mol. The molecule has 0 radical (unpaired) electrons. The van der Waals surface area contributed by atoms with E-state index >= 15 is 0 Å². The normalized spacial score (nSPS) is 15.5. The summed E-state index contributed by atoms with van der Waals surface area (Å²) < 4.78 is 0. The molecule has 66 heavy (non-hydrogen) atoms. The Hall–Kier alpha value is -7.38. The first kappa shape index (κ1) is 54.8. The number of nitrogens with two attached hydrogens (primary N) is 1. The van der Waals surface area contributed by atoms with E-state index < -0.39 is 139 Å². The summed E-state index contributed by atoms with van der Waals surface area (Å²) in [6.45, 7) is 5.02. The smallest absolute Gasteiger partial charge is 0.326 e. The second-order valence-electron chi connectivity index (χ2n) is 15.3. The minimum absolute atomic E-state index is 0.0575. The highest BCUT2D eigenvalue weighted by molar-refractivity contribution is 6.00. The SMILES string of the molecule is C[C@H](NC(=O)[C@H](Cc1ccc(O)cc1)NC(=O)[C@@H](NC(=O)[C@@H](NC(=O)c1cccc(N)c1)[C@@H](C)O)[C@@H](C)O)C(=O)NCC(=O)N[C@H](C(=O)N[C@@H](C)C(=O)N[C@@H](CCC(=O)O)C(=O)O)[C@@H](C)O. The number of carbonyl (C=O) groups is 10. The highest BCUT2D eigenvalue weighted by Crippen LogP contribution is 2.13. The lowest BCUT2D eigenvalue weighted by molar-refractivity contribution is -0.143.